The second-order valence-electron chi connectivity index (χ2n) is 13.6. The molecule has 1 amide bonds. The zero-order valence-corrected chi connectivity index (χ0v) is 30.0. The average Bonchev–Trinajstić information content (AvgIpc) is 3.08. The van der Waals surface area contributed by atoms with E-state index in [1.807, 2.05) is 0 Å². The minimum atomic E-state index is -1.66. The maximum Gasteiger partial charge on any atom is 0.249 e. The van der Waals surface area contributed by atoms with Crippen molar-refractivity contribution in [3.8, 4) is 0 Å². The van der Waals surface area contributed by atoms with E-state index >= 15 is 0 Å². The van der Waals surface area contributed by atoms with E-state index in [1.54, 1.807) is 0 Å². The monoisotopic (exact) mass is 690 g/mol. The third-order valence-corrected chi connectivity index (χ3v) is 9.32. The number of aliphatic hydroxyl groups is 7. The van der Waals surface area contributed by atoms with Gasteiger partial charge >= 0.3 is 0 Å². The van der Waals surface area contributed by atoms with Crippen molar-refractivity contribution in [1.82, 2.24) is 5.32 Å². The first-order chi connectivity index (χ1) is 23.2. The molecule has 0 radical (unpaired) electrons. The van der Waals surface area contributed by atoms with Crippen LogP contribution in [0.25, 0.3) is 0 Å². The number of rotatable bonds is 30. The van der Waals surface area contributed by atoms with E-state index < -0.39 is 74.2 Å². The highest BCUT2D eigenvalue weighted by molar-refractivity contribution is 5.80. The van der Waals surface area contributed by atoms with Crippen LogP contribution in [0.5, 0.6) is 0 Å². The summed E-state index contributed by atoms with van der Waals surface area (Å²) in [5.74, 6) is -0.712. The minimum Gasteiger partial charge on any atom is -0.394 e. The van der Waals surface area contributed by atoms with Gasteiger partial charge in [-0.05, 0) is 38.5 Å². The van der Waals surface area contributed by atoms with Crippen molar-refractivity contribution in [2.45, 2.75) is 204 Å². The van der Waals surface area contributed by atoms with E-state index in [0.717, 1.165) is 64.2 Å². The highest BCUT2D eigenvalue weighted by Crippen LogP contribution is 2.23. The topological polar surface area (TPSA) is 189 Å². The number of ether oxygens (including phenoxy) is 2. The van der Waals surface area contributed by atoms with E-state index in [4.69, 9.17) is 9.47 Å². The number of carbonyl (C=O) groups is 1. The molecule has 1 fully saturated rings. The number of unbranched alkanes of at least 4 members (excludes halogenated alkanes) is 16. The molecule has 11 nitrogen and oxygen atoms in total. The maximum atomic E-state index is 12.9. The molecule has 9 atom stereocenters. The number of allylic oxidation sites excluding steroid dienone is 2. The van der Waals surface area contributed by atoms with E-state index in [-0.39, 0.29) is 6.42 Å². The van der Waals surface area contributed by atoms with Gasteiger partial charge in [0.05, 0.1) is 25.4 Å². The Morgan fingerprint density at radius 3 is 1.75 bits per heavy atom. The van der Waals surface area contributed by atoms with Crippen LogP contribution in [0.2, 0.25) is 0 Å². The first kappa shape index (κ1) is 44.9. The lowest BCUT2D eigenvalue weighted by Gasteiger charge is -2.40. The third kappa shape index (κ3) is 19.3. The van der Waals surface area contributed by atoms with Crippen LogP contribution in [0.3, 0.4) is 0 Å². The molecule has 1 heterocycles. The Hall–Kier alpha value is -1.15. The fourth-order valence-corrected chi connectivity index (χ4v) is 6.02. The van der Waals surface area contributed by atoms with Crippen LogP contribution in [0, 0.1) is 0 Å². The molecule has 48 heavy (non-hydrogen) atoms. The number of hydrogen-bond donors (Lipinski definition) is 8. The van der Waals surface area contributed by atoms with Crippen molar-refractivity contribution in [1.29, 1.82) is 0 Å². The summed E-state index contributed by atoms with van der Waals surface area (Å²) >= 11 is 0. The molecule has 0 bridgehead atoms. The van der Waals surface area contributed by atoms with Crippen molar-refractivity contribution >= 4 is 5.91 Å². The molecule has 9 unspecified atom stereocenters. The number of amides is 1. The average molecular weight is 690 g/mol. The number of aliphatic hydroxyl groups excluding tert-OH is 7. The lowest BCUT2D eigenvalue weighted by Crippen LogP contribution is -2.60. The minimum absolute atomic E-state index is 0.247. The zero-order valence-electron chi connectivity index (χ0n) is 30.0. The molecule has 0 aromatic rings. The fourth-order valence-electron chi connectivity index (χ4n) is 6.02. The van der Waals surface area contributed by atoms with Crippen LogP contribution >= 0.6 is 0 Å². The Kier molecular flexibility index (Phi) is 26.7. The van der Waals surface area contributed by atoms with Crippen LogP contribution in [-0.2, 0) is 14.3 Å². The molecular formula is C37H71NO10. The Bertz CT molecular complexity index is 800. The van der Waals surface area contributed by atoms with Crippen molar-refractivity contribution < 1.29 is 50.0 Å². The number of nitrogens with one attached hydrogen (secondary N) is 1. The molecule has 1 rings (SSSR count). The van der Waals surface area contributed by atoms with E-state index in [1.165, 1.54) is 44.9 Å². The Morgan fingerprint density at radius 2 is 1.21 bits per heavy atom. The predicted molar refractivity (Wildman–Crippen MR) is 187 cm³/mol. The Labute approximate surface area is 290 Å². The molecule has 1 saturated heterocycles. The summed E-state index contributed by atoms with van der Waals surface area (Å²) in [6, 6.07) is -1.16. The van der Waals surface area contributed by atoms with Gasteiger partial charge in [-0.2, -0.15) is 0 Å². The van der Waals surface area contributed by atoms with Gasteiger partial charge in [0, 0.05) is 0 Å². The van der Waals surface area contributed by atoms with Crippen molar-refractivity contribution in [2.24, 2.45) is 0 Å². The number of hydrogen-bond acceptors (Lipinski definition) is 10. The smallest absolute Gasteiger partial charge is 0.249 e. The molecule has 0 aromatic carbocycles. The largest absolute Gasteiger partial charge is 0.394 e. The molecule has 0 aliphatic carbocycles. The Balaban J connectivity index is 2.51. The summed E-state index contributed by atoms with van der Waals surface area (Å²) in [7, 11) is 0. The van der Waals surface area contributed by atoms with Gasteiger partial charge in [0.25, 0.3) is 0 Å². The summed E-state index contributed by atoms with van der Waals surface area (Å²) < 4.78 is 11.0. The quantitative estimate of drug-likeness (QED) is 0.0402. The third-order valence-electron chi connectivity index (χ3n) is 9.32. The molecule has 284 valence electrons. The first-order valence-corrected chi connectivity index (χ1v) is 19.1. The highest BCUT2D eigenvalue weighted by atomic mass is 16.7. The van der Waals surface area contributed by atoms with E-state index in [0.29, 0.717) is 19.3 Å². The SMILES string of the molecule is CCCCCCCCC/C=C\CCCCCCC(O)C(=O)NC(COC1OC(CO)C(O)C(O)C1O)C(O)C(O)CCCCCCCC. The lowest BCUT2D eigenvalue weighted by molar-refractivity contribution is -0.303. The summed E-state index contributed by atoms with van der Waals surface area (Å²) in [6.07, 6.45) is 14.5. The lowest BCUT2D eigenvalue weighted by atomic mass is 9.98. The number of carbonyl (C=O) groups excluding carboxylic acids is 1. The molecule has 0 aromatic heterocycles. The van der Waals surface area contributed by atoms with Crippen LogP contribution in [0.15, 0.2) is 12.2 Å². The molecule has 1 aliphatic rings. The van der Waals surface area contributed by atoms with Crippen LogP contribution in [0.4, 0.5) is 0 Å². The second-order valence-corrected chi connectivity index (χ2v) is 13.6. The molecule has 0 spiro atoms. The molecular weight excluding hydrogens is 618 g/mol. The van der Waals surface area contributed by atoms with Gasteiger partial charge in [-0.3, -0.25) is 4.79 Å². The van der Waals surface area contributed by atoms with Gasteiger partial charge in [0.15, 0.2) is 6.29 Å². The van der Waals surface area contributed by atoms with Crippen LogP contribution < -0.4 is 5.32 Å². The molecule has 1 aliphatic heterocycles. The zero-order chi connectivity index (χ0) is 35.6. The van der Waals surface area contributed by atoms with Gasteiger partial charge in [0.2, 0.25) is 5.91 Å². The molecule has 8 N–H and O–H groups in total. The molecule has 0 saturated carbocycles. The standard InChI is InChI=1S/C37H71NO10/c1-3-5-7-9-11-12-13-14-15-16-17-18-19-21-23-25-30(41)36(46)38-28(32(42)29(40)24-22-20-10-8-6-4-2)27-47-37-35(45)34(44)33(43)31(26-39)48-37/h15-16,28-35,37,39-45H,3-14,17-27H2,1-2H3,(H,38,46)/b16-15-. The van der Waals surface area contributed by atoms with Gasteiger partial charge in [-0.25, -0.2) is 0 Å². The Morgan fingerprint density at radius 1 is 0.708 bits per heavy atom. The van der Waals surface area contributed by atoms with E-state index in [2.05, 4.69) is 31.3 Å². The summed E-state index contributed by atoms with van der Waals surface area (Å²) in [4.78, 5) is 12.9. The van der Waals surface area contributed by atoms with Crippen molar-refractivity contribution in [3.05, 3.63) is 12.2 Å². The van der Waals surface area contributed by atoms with Crippen LogP contribution in [0.1, 0.15) is 149 Å². The van der Waals surface area contributed by atoms with E-state index in [9.17, 15) is 40.5 Å². The van der Waals surface area contributed by atoms with Crippen molar-refractivity contribution in [2.75, 3.05) is 13.2 Å². The van der Waals surface area contributed by atoms with Gasteiger partial charge in [0.1, 0.15) is 36.6 Å². The fraction of sp³-hybridized carbons (Fsp3) is 0.919. The second kappa shape index (κ2) is 28.5. The normalized spacial score (nSPS) is 24.1. The van der Waals surface area contributed by atoms with Crippen molar-refractivity contribution in [3.63, 3.8) is 0 Å². The summed E-state index contributed by atoms with van der Waals surface area (Å²) in [5, 5.41) is 74.8. The summed E-state index contributed by atoms with van der Waals surface area (Å²) in [6.45, 7) is 3.31. The van der Waals surface area contributed by atoms with Gasteiger partial charge in [-0.15, -0.1) is 0 Å². The first-order valence-electron chi connectivity index (χ1n) is 19.1. The predicted octanol–water partition coefficient (Wildman–Crippen LogP) is 4.16. The van der Waals surface area contributed by atoms with Gasteiger partial charge in [-0.1, -0.05) is 122 Å². The molecule has 11 heteroatoms. The summed E-state index contributed by atoms with van der Waals surface area (Å²) in [5.41, 5.74) is 0. The van der Waals surface area contributed by atoms with Gasteiger partial charge < -0.3 is 50.5 Å². The van der Waals surface area contributed by atoms with Crippen LogP contribution in [-0.4, -0.2) is 110 Å². The maximum absolute atomic E-state index is 12.9. The highest BCUT2D eigenvalue weighted by Gasteiger charge is 2.44.